The van der Waals surface area contributed by atoms with Gasteiger partial charge in [-0.05, 0) is 6.42 Å². The maximum atomic E-state index is 10.3. The Morgan fingerprint density at radius 3 is 1.92 bits per heavy atom. The third-order valence-electron chi connectivity index (χ3n) is 1.76. The molecule has 0 saturated heterocycles. The van der Waals surface area contributed by atoms with Gasteiger partial charge in [0.1, 0.15) is 0 Å². The van der Waals surface area contributed by atoms with Gasteiger partial charge in [-0.3, -0.25) is 4.55 Å². The van der Waals surface area contributed by atoms with Gasteiger partial charge in [-0.15, -0.1) is 0 Å². The lowest BCUT2D eigenvalue weighted by atomic mass is 10.1. The van der Waals surface area contributed by atoms with Gasteiger partial charge in [-0.25, -0.2) is 0 Å². The lowest BCUT2D eigenvalue weighted by molar-refractivity contribution is 0.478. The summed E-state index contributed by atoms with van der Waals surface area (Å²) in [6, 6.07) is 0. The minimum Gasteiger partial charge on any atom is -0.344 e. The SMILES string of the molecule is CCCCCCCCS(=O)(=O)O.N. The Labute approximate surface area is 81.1 Å². The Morgan fingerprint density at radius 2 is 1.46 bits per heavy atom. The molecule has 0 aliphatic rings. The average molecular weight is 211 g/mol. The van der Waals surface area contributed by atoms with Crippen LogP contribution in [0.1, 0.15) is 45.4 Å². The molecule has 0 saturated carbocycles. The van der Waals surface area contributed by atoms with Crippen molar-refractivity contribution in [1.82, 2.24) is 6.15 Å². The monoisotopic (exact) mass is 211 g/mol. The number of hydrogen-bond acceptors (Lipinski definition) is 3. The summed E-state index contributed by atoms with van der Waals surface area (Å²) >= 11 is 0. The van der Waals surface area contributed by atoms with Gasteiger partial charge in [-0.2, -0.15) is 8.42 Å². The number of rotatable bonds is 7. The molecular formula is C8H21NO3S. The molecule has 0 heterocycles. The highest BCUT2D eigenvalue weighted by atomic mass is 32.2. The lowest BCUT2D eigenvalue weighted by Gasteiger charge is -1.98. The van der Waals surface area contributed by atoms with Crippen LogP contribution in [0, 0.1) is 0 Å². The third kappa shape index (κ3) is 14.7. The van der Waals surface area contributed by atoms with Crippen LogP contribution < -0.4 is 6.15 Å². The molecule has 0 radical (unpaired) electrons. The topological polar surface area (TPSA) is 89.4 Å². The van der Waals surface area contributed by atoms with E-state index in [-0.39, 0.29) is 11.9 Å². The third-order valence-corrected chi connectivity index (χ3v) is 2.56. The summed E-state index contributed by atoms with van der Waals surface area (Å²) in [6.45, 7) is 2.14. The minimum absolute atomic E-state index is 0. The van der Waals surface area contributed by atoms with E-state index in [0.717, 1.165) is 12.8 Å². The largest absolute Gasteiger partial charge is 0.344 e. The van der Waals surface area contributed by atoms with E-state index in [2.05, 4.69) is 6.92 Å². The van der Waals surface area contributed by atoms with Crippen LogP contribution in [0.5, 0.6) is 0 Å². The van der Waals surface area contributed by atoms with Crippen LogP contribution in [0.15, 0.2) is 0 Å². The molecule has 0 aromatic rings. The molecule has 4 nitrogen and oxygen atoms in total. The van der Waals surface area contributed by atoms with E-state index in [9.17, 15) is 8.42 Å². The van der Waals surface area contributed by atoms with Gasteiger partial charge in [0.05, 0.1) is 5.75 Å². The van der Waals surface area contributed by atoms with E-state index >= 15 is 0 Å². The highest BCUT2D eigenvalue weighted by Crippen LogP contribution is 2.05. The summed E-state index contributed by atoms with van der Waals surface area (Å²) in [6.07, 6.45) is 6.14. The number of hydrogen-bond donors (Lipinski definition) is 2. The van der Waals surface area contributed by atoms with Crippen LogP contribution in [0.3, 0.4) is 0 Å². The summed E-state index contributed by atoms with van der Waals surface area (Å²) in [5.74, 6) is -0.0842. The van der Waals surface area contributed by atoms with Crippen molar-refractivity contribution in [2.24, 2.45) is 0 Å². The first kappa shape index (κ1) is 15.3. The van der Waals surface area contributed by atoms with E-state index in [1.165, 1.54) is 19.3 Å². The Bertz CT molecular complexity index is 190. The first-order valence-corrected chi connectivity index (χ1v) is 6.12. The van der Waals surface area contributed by atoms with Gasteiger partial charge in [0.2, 0.25) is 0 Å². The van der Waals surface area contributed by atoms with Crippen LogP contribution in [-0.4, -0.2) is 18.7 Å². The quantitative estimate of drug-likeness (QED) is 0.500. The zero-order valence-electron chi connectivity index (χ0n) is 8.33. The highest BCUT2D eigenvalue weighted by molar-refractivity contribution is 7.85. The van der Waals surface area contributed by atoms with Crippen molar-refractivity contribution < 1.29 is 13.0 Å². The van der Waals surface area contributed by atoms with Crippen molar-refractivity contribution in [2.75, 3.05) is 5.75 Å². The minimum atomic E-state index is -3.72. The van der Waals surface area contributed by atoms with Crippen LogP contribution in [0.2, 0.25) is 0 Å². The summed E-state index contributed by atoms with van der Waals surface area (Å²) in [5.41, 5.74) is 0. The first-order valence-electron chi connectivity index (χ1n) is 4.51. The molecule has 0 rings (SSSR count). The molecule has 0 fully saturated rings. The molecule has 0 spiro atoms. The van der Waals surface area contributed by atoms with E-state index in [0.29, 0.717) is 6.42 Å². The maximum absolute atomic E-state index is 10.3. The van der Waals surface area contributed by atoms with E-state index < -0.39 is 10.1 Å². The molecule has 0 aliphatic heterocycles. The van der Waals surface area contributed by atoms with Gasteiger partial charge in [0, 0.05) is 0 Å². The molecule has 4 N–H and O–H groups in total. The van der Waals surface area contributed by atoms with Gasteiger partial charge in [-0.1, -0.05) is 39.0 Å². The highest BCUT2D eigenvalue weighted by Gasteiger charge is 2.02. The molecular weight excluding hydrogens is 190 g/mol. The van der Waals surface area contributed by atoms with Crippen molar-refractivity contribution in [3.63, 3.8) is 0 Å². The molecule has 13 heavy (non-hydrogen) atoms. The average Bonchev–Trinajstić information content (AvgIpc) is 1.94. The fourth-order valence-electron chi connectivity index (χ4n) is 1.06. The van der Waals surface area contributed by atoms with Gasteiger partial charge >= 0.3 is 0 Å². The zero-order valence-corrected chi connectivity index (χ0v) is 9.15. The second-order valence-electron chi connectivity index (χ2n) is 3.05. The Morgan fingerprint density at radius 1 is 1.00 bits per heavy atom. The fourth-order valence-corrected chi connectivity index (χ4v) is 1.63. The van der Waals surface area contributed by atoms with Crippen molar-refractivity contribution in [1.29, 1.82) is 0 Å². The second kappa shape index (κ2) is 8.47. The molecule has 0 aromatic heterocycles. The molecule has 0 bridgehead atoms. The van der Waals surface area contributed by atoms with Crippen LogP contribution in [-0.2, 0) is 10.1 Å². The molecule has 0 aromatic carbocycles. The van der Waals surface area contributed by atoms with Crippen LogP contribution in [0.25, 0.3) is 0 Å². The Hall–Kier alpha value is -0.130. The van der Waals surface area contributed by atoms with Crippen LogP contribution >= 0.6 is 0 Å². The maximum Gasteiger partial charge on any atom is 0.264 e. The van der Waals surface area contributed by atoms with Crippen molar-refractivity contribution in [3.05, 3.63) is 0 Å². The number of unbranched alkanes of at least 4 members (excludes halogenated alkanes) is 5. The second-order valence-corrected chi connectivity index (χ2v) is 4.63. The van der Waals surface area contributed by atoms with Gasteiger partial charge in [0.25, 0.3) is 10.1 Å². The van der Waals surface area contributed by atoms with Crippen molar-refractivity contribution >= 4 is 10.1 Å². The molecule has 5 heteroatoms. The summed E-state index contributed by atoms with van der Waals surface area (Å²) < 4.78 is 28.9. The fraction of sp³-hybridized carbons (Fsp3) is 1.00. The molecule has 0 unspecified atom stereocenters. The molecule has 82 valence electrons. The Kier molecular flexibility index (Phi) is 10.00. The standard InChI is InChI=1S/C8H18O3S.H3N/c1-2-3-4-5-6-7-8-12(9,10)11;/h2-8H2,1H3,(H,9,10,11);1H3. The van der Waals surface area contributed by atoms with Gasteiger partial charge < -0.3 is 6.15 Å². The molecule has 0 atom stereocenters. The molecule has 0 amide bonds. The normalized spacial score (nSPS) is 10.9. The summed E-state index contributed by atoms with van der Waals surface area (Å²) in [4.78, 5) is 0. The van der Waals surface area contributed by atoms with Crippen LogP contribution in [0.4, 0.5) is 0 Å². The van der Waals surface area contributed by atoms with Crippen molar-refractivity contribution in [3.8, 4) is 0 Å². The Balaban J connectivity index is 0. The van der Waals surface area contributed by atoms with Crippen molar-refractivity contribution in [2.45, 2.75) is 45.4 Å². The lowest BCUT2D eigenvalue weighted by Crippen LogP contribution is -2.03. The smallest absolute Gasteiger partial charge is 0.264 e. The predicted octanol–water partition coefficient (Wildman–Crippen LogP) is 2.40. The zero-order chi connectivity index (χ0) is 9.45. The summed E-state index contributed by atoms with van der Waals surface area (Å²) in [7, 11) is -3.72. The van der Waals surface area contributed by atoms with E-state index in [1.54, 1.807) is 0 Å². The van der Waals surface area contributed by atoms with E-state index in [4.69, 9.17) is 4.55 Å². The molecule has 0 aliphatic carbocycles. The first-order chi connectivity index (χ1) is 5.56. The van der Waals surface area contributed by atoms with E-state index in [1.807, 2.05) is 0 Å². The predicted molar refractivity (Wildman–Crippen MR) is 54.8 cm³/mol. The summed E-state index contributed by atoms with van der Waals surface area (Å²) in [5, 5.41) is 0. The van der Waals surface area contributed by atoms with Gasteiger partial charge in [0.15, 0.2) is 0 Å².